The summed E-state index contributed by atoms with van der Waals surface area (Å²) < 4.78 is 21.9. The first-order valence-corrected chi connectivity index (χ1v) is 14.4. The van der Waals surface area contributed by atoms with E-state index >= 15 is 4.39 Å². The van der Waals surface area contributed by atoms with E-state index in [0.29, 0.717) is 35.3 Å². The number of hydrogen-bond donors (Lipinski definition) is 3. The molecule has 3 aromatic rings. The molecule has 3 fully saturated rings. The number of rotatable bonds is 4. The predicted molar refractivity (Wildman–Crippen MR) is 146 cm³/mol. The average Bonchev–Trinajstić information content (AvgIpc) is 3.27. The van der Waals surface area contributed by atoms with E-state index in [2.05, 4.69) is 10.6 Å². The van der Waals surface area contributed by atoms with Gasteiger partial charge >= 0.3 is 5.97 Å². The lowest BCUT2D eigenvalue weighted by Crippen LogP contribution is -2.77. The summed E-state index contributed by atoms with van der Waals surface area (Å²) in [6, 6.07) is 2.79. The minimum Gasteiger partial charge on any atom is -0.458 e. The molecule has 0 saturated heterocycles. The van der Waals surface area contributed by atoms with Crippen molar-refractivity contribution < 1.29 is 23.8 Å². The third-order valence-corrected chi connectivity index (χ3v) is 10.7. The molecule has 9 rings (SSSR count). The van der Waals surface area contributed by atoms with Crippen LogP contribution < -0.4 is 16.2 Å². The van der Waals surface area contributed by atoms with Crippen molar-refractivity contribution in [1.29, 1.82) is 0 Å². The van der Waals surface area contributed by atoms with Gasteiger partial charge < -0.3 is 25.0 Å². The van der Waals surface area contributed by atoms with Gasteiger partial charge in [0.05, 0.1) is 40.5 Å². The van der Waals surface area contributed by atoms with Crippen molar-refractivity contribution >= 4 is 22.8 Å². The zero-order valence-electron chi connectivity index (χ0n) is 23.2. The normalized spacial score (nSPS) is 30.1. The topological polar surface area (TPSA) is 123 Å². The maximum atomic E-state index is 15.1. The Balaban J connectivity index is 1.31. The molecule has 0 radical (unpaired) electrons. The van der Waals surface area contributed by atoms with E-state index in [0.717, 1.165) is 41.3 Å². The van der Waals surface area contributed by atoms with Gasteiger partial charge in [0.2, 0.25) is 5.91 Å². The maximum absolute atomic E-state index is 15.1. The maximum Gasteiger partial charge on any atom is 0.343 e. The van der Waals surface area contributed by atoms with E-state index in [1.54, 1.807) is 24.5 Å². The van der Waals surface area contributed by atoms with Crippen LogP contribution in [0.1, 0.15) is 78.5 Å². The van der Waals surface area contributed by atoms with Gasteiger partial charge in [-0.15, -0.1) is 0 Å². The van der Waals surface area contributed by atoms with E-state index in [9.17, 15) is 19.5 Å². The van der Waals surface area contributed by atoms with Crippen LogP contribution in [0.4, 0.5) is 4.39 Å². The Morgan fingerprint density at radius 2 is 1.98 bits per heavy atom. The predicted octanol–water partition coefficient (Wildman–Crippen LogP) is 2.77. The number of nitrogens with one attached hydrogen (secondary N) is 2. The first-order chi connectivity index (χ1) is 19.5. The molecule has 3 N–H and O–H groups in total. The van der Waals surface area contributed by atoms with Crippen molar-refractivity contribution in [3.05, 3.63) is 61.7 Å². The monoisotopic (exact) mass is 558 g/mol. The molecule has 6 aliphatic rings. The van der Waals surface area contributed by atoms with E-state index in [1.165, 1.54) is 6.07 Å². The fraction of sp³-hybridized carbons (Fsp3) is 0.484. The number of pyridine rings is 2. The number of nitrogens with zero attached hydrogens (tertiary/aromatic N) is 2. The van der Waals surface area contributed by atoms with Gasteiger partial charge in [0.15, 0.2) is 5.60 Å². The number of hydrogen-bond acceptors (Lipinski definition) is 7. The van der Waals surface area contributed by atoms with Crippen LogP contribution in [-0.2, 0) is 39.5 Å². The molecule has 1 aromatic carbocycles. The van der Waals surface area contributed by atoms with Crippen molar-refractivity contribution in [2.45, 2.75) is 82.7 Å². The summed E-state index contributed by atoms with van der Waals surface area (Å²) in [5.74, 6) is -1.08. The number of esters is 1. The van der Waals surface area contributed by atoms with Gasteiger partial charge in [-0.3, -0.25) is 9.59 Å². The molecule has 0 spiro atoms. The molecule has 3 saturated carbocycles. The average molecular weight is 559 g/mol. The smallest absolute Gasteiger partial charge is 0.343 e. The lowest BCUT2D eigenvalue weighted by atomic mass is 9.39. The first-order valence-electron chi connectivity index (χ1n) is 14.4. The van der Waals surface area contributed by atoms with Crippen LogP contribution in [0, 0.1) is 18.2 Å². The fourth-order valence-electron chi connectivity index (χ4n) is 8.30. The van der Waals surface area contributed by atoms with Gasteiger partial charge in [0.1, 0.15) is 12.4 Å². The van der Waals surface area contributed by atoms with E-state index in [4.69, 9.17) is 9.72 Å². The highest BCUT2D eigenvalue weighted by atomic mass is 19.1. The molecule has 10 heteroatoms. The fourth-order valence-corrected chi connectivity index (χ4v) is 8.30. The van der Waals surface area contributed by atoms with Gasteiger partial charge in [-0.25, -0.2) is 14.2 Å². The van der Waals surface area contributed by atoms with Crippen molar-refractivity contribution in [2.24, 2.45) is 5.41 Å². The molecule has 1 amide bonds. The molecular weight excluding hydrogens is 527 g/mol. The Labute approximate surface area is 235 Å². The Morgan fingerprint density at radius 1 is 1.22 bits per heavy atom. The molecule has 9 nitrogen and oxygen atoms in total. The summed E-state index contributed by atoms with van der Waals surface area (Å²) in [5, 5.41) is 18.8. The van der Waals surface area contributed by atoms with Crippen molar-refractivity contribution in [2.75, 3.05) is 7.05 Å². The summed E-state index contributed by atoms with van der Waals surface area (Å²) in [4.78, 5) is 44.8. The van der Waals surface area contributed by atoms with E-state index in [1.807, 2.05) is 7.05 Å². The molecule has 2 bridgehead atoms. The number of aryl methyl sites for hydroxylation is 1. The molecule has 212 valence electrons. The van der Waals surface area contributed by atoms with Crippen LogP contribution in [-0.4, -0.2) is 39.1 Å². The number of fused-ring (bicyclic) bond motifs is 5. The SMILES string of the molecule is CC[C@@]1(O)C(=O)OCc2c1cc1n(c2=O)Cc2c-1nc1cc(F)c(C)c3c1c2[C@@H](NC(=O)C12CC(NC)(C1)C2)CC3. The third kappa shape index (κ3) is 2.97. The van der Waals surface area contributed by atoms with Crippen LogP contribution in [0.5, 0.6) is 0 Å². The number of amides is 1. The van der Waals surface area contributed by atoms with E-state index in [-0.39, 0.29) is 65.0 Å². The largest absolute Gasteiger partial charge is 0.458 e. The highest BCUT2D eigenvalue weighted by molar-refractivity contribution is 5.94. The van der Waals surface area contributed by atoms with Gasteiger partial charge in [-0.05, 0) is 75.3 Å². The van der Waals surface area contributed by atoms with Crippen molar-refractivity contribution in [1.82, 2.24) is 20.2 Å². The van der Waals surface area contributed by atoms with Crippen LogP contribution in [0.3, 0.4) is 0 Å². The summed E-state index contributed by atoms with van der Waals surface area (Å²) in [5.41, 5.74) is 2.56. The Kier molecular flexibility index (Phi) is 4.78. The van der Waals surface area contributed by atoms with Crippen LogP contribution >= 0.6 is 0 Å². The number of carbonyl (C=O) groups excluding carboxylic acids is 2. The Hall–Kier alpha value is -3.63. The zero-order chi connectivity index (χ0) is 28.6. The molecule has 41 heavy (non-hydrogen) atoms. The van der Waals surface area contributed by atoms with Gasteiger partial charge in [-0.1, -0.05) is 6.92 Å². The third-order valence-electron chi connectivity index (χ3n) is 10.7. The summed E-state index contributed by atoms with van der Waals surface area (Å²) in [6.45, 7) is 3.45. The minimum absolute atomic E-state index is 0.0452. The number of halogens is 1. The second-order valence-corrected chi connectivity index (χ2v) is 12.7. The molecule has 2 aliphatic heterocycles. The number of benzene rings is 1. The number of cyclic esters (lactones) is 1. The van der Waals surface area contributed by atoms with Gasteiger partial charge in [0, 0.05) is 28.1 Å². The second-order valence-electron chi connectivity index (χ2n) is 12.7. The number of carbonyl (C=O) groups is 2. The Bertz CT molecular complexity index is 1810. The molecular formula is C31H31FN4O5. The lowest BCUT2D eigenvalue weighted by Gasteiger charge is -2.69. The molecule has 2 aromatic heterocycles. The number of ether oxygens (including phenoxy) is 1. The summed E-state index contributed by atoms with van der Waals surface area (Å²) in [6.07, 6.45) is 3.75. The molecule has 4 aliphatic carbocycles. The van der Waals surface area contributed by atoms with Crippen molar-refractivity contribution in [3.63, 3.8) is 0 Å². The molecule has 2 atom stereocenters. The molecule has 4 heterocycles. The zero-order valence-corrected chi connectivity index (χ0v) is 23.2. The lowest BCUT2D eigenvalue weighted by molar-refractivity contribution is -0.180. The second kappa shape index (κ2) is 7.80. The van der Waals surface area contributed by atoms with Gasteiger partial charge in [0.25, 0.3) is 5.56 Å². The van der Waals surface area contributed by atoms with Crippen LogP contribution in [0.15, 0.2) is 16.9 Å². The number of aromatic nitrogens is 2. The number of aliphatic hydroxyl groups is 1. The highest BCUT2D eigenvalue weighted by Crippen LogP contribution is 2.67. The first kappa shape index (κ1) is 25.1. The van der Waals surface area contributed by atoms with Crippen LogP contribution in [0.25, 0.3) is 22.3 Å². The highest BCUT2D eigenvalue weighted by Gasteiger charge is 2.71. The summed E-state index contributed by atoms with van der Waals surface area (Å²) >= 11 is 0. The quantitative estimate of drug-likeness (QED) is 0.329. The Morgan fingerprint density at radius 3 is 2.68 bits per heavy atom. The van der Waals surface area contributed by atoms with E-state index < -0.39 is 11.6 Å². The standard InChI is InChI=1S/C31H31FN4O5/c1-4-31(40)18-7-22-25-16(9-36(22)26(37)17(18)10-41-28(31)39)24-20(35-27(38)29-11-30(12-29,13-29)33-3)6-5-15-14(2)19(32)8-21(34-25)23(15)24/h7-8,20,33,40H,4-6,9-13H2,1-3H3,(H,35,38)/t20-,29?,30?,31-/m0/s1. The van der Waals surface area contributed by atoms with Crippen molar-refractivity contribution in [3.8, 4) is 11.4 Å². The molecule has 0 unspecified atom stereocenters. The van der Waals surface area contributed by atoms with Gasteiger partial charge in [-0.2, -0.15) is 0 Å². The van der Waals surface area contributed by atoms with Crippen LogP contribution in [0.2, 0.25) is 0 Å². The summed E-state index contributed by atoms with van der Waals surface area (Å²) in [7, 11) is 1.94. The minimum atomic E-state index is -1.93.